The van der Waals surface area contributed by atoms with E-state index in [0.717, 1.165) is 43.2 Å². The molecule has 0 spiro atoms. The number of nitrogens with one attached hydrogen (secondary N) is 1. The first-order valence-electron chi connectivity index (χ1n) is 8.89. The van der Waals surface area contributed by atoms with E-state index in [0.29, 0.717) is 13.0 Å². The quantitative estimate of drug-likeness (QED) is 0.764. The monoisotopic (exact) mass is 355 g/mol. The Kier molecular flexibility index (Phi) is 6.57. The second-order valence-corrected chi connectivity index (χ2v) is 6.27. The van der Waals surface area contributed by atoms with Crippen molar-refractivity contribution in [3.8, 4) is 0 Å². The molecule has 1 aliphatic heterocycles. The summed E-state index contributed by atoms with van der Waals surface area (Å²) in [5, 5.41) is 3.29. The molecule has 0 bridgehead atoms. The summed E-state index contributed by atoms with van der Waals surface area (Å²) in [5.41, 5.74) is 2.13. The lowest BCUT2D eigenvalue weighted by molar-refractivity contribution is -0.143. The highest BCUT2D eigenvalue weighted by molar-refractivity contribution is 5.76. The van der Waals surface area contributed by atoms with Gasteiger partial charge in [0.2, 0.25) is 0 Å². The molecule has 1 aromatic carbocycles. The zero-order valence-corrected chi connectivity index (χ0v) is 15.1. The molecule has 3 rings (SSSR count). The molecule has 1 aliphatic rings. The molecule has 0 aliphatic carbocycles. The third kappa shape index (κ3) is 5.03. The normalized spacial score (nSPS) is 15.5. The van der Waals surface area contributed by atoms with Crippen LogP contribution in [0, 0.1) is 0 Å². The molecule has 0 radical (unpaired) electrons. The van der Waals surface area contributed by atoms with Crippen LogP contribution in [0.25, 0.3) is 0 Å². The van der Waals surface area contributed by atoms with Crippen LogP contribution in [0.1, 0.15) is 11.1 Å². The van der Waals surface area contributed by atoms with Crippen molar-refractivity contribution in [1.82, 2.24) is 10.3 Å². The van der Waals surface area contributed by atoms with E-state index < -0.39 is 0 Å². The van der Waals surface area contributed by atoms with Gasteiger partial charge in [0.1, 0.15) is 11.9 Å². The van der Waals surface area contributed by atoms with E-state index in [1.807, 2.05) is 48.7 Å². The van der Waals surface area contributed by atoms with Crippen LogP contribution in [0.5, 0.6) is 0 Å². The fourth-order valence-corrected chi connectivity index (χ4v) is 2.97. The van der Waals surface area contributed by atoms with Gasteiger partial charge in [-0.3, -0.25) is 10.1 Å². The van der Waals surface area contributed by atoms with Crippen molar-refractivity contribution >= 4 is 11.8 Å². The topological polar surface area (TPSA) is 63.7 Å². The predicted octanol–water partition coefficient (Wildman–Crippen LogP) is 1.79. The lowest BCUT2D eigenvalue weighted by Crippen LogP contribution is -2.39. The predicted molar refractivity (Wildman–Crippen MR) is 100 cm³/mol. The zero-order chi connectivity index (χ0) is 18.2. The number of aromatic nitrogens is 1. The summed E-state index contributed by atoms with van der Waals surface area (Å²) in [6.45, 7) is 3.78. The maximum atomic E-state index is 12.1. The van der Waals surface area contributed by atoms with Gasteiger partial charge in [-0.25, -0.2) is 4.98 Å². The van der Waals surface area contributed by atoms with Gasteiger partial charge in [-0.05, 0) is 23.6 Å². The number of anilines is 1. The number of esters is 1. The van der Waals surface area contributed by atoms with Gasteiger partial charge >= 0.3 is 5.97 Å². The summed E-state index contributed by atoms with van der Waals surface area (Å²) >= 11 is 0. The number of nitrogens with zero attached hydrogens (tertiary/aromatic N) is 2. The molecule has 1 aromatic heterocycles. The van der Waals surface area contributed by atoms with Crippen molar-refractivity contribution in [3.05, 3.63) is 59.8 Å². The lowest BCUT2D eigenvalue weighted by atomic mass is 10.1. The van der Waals surface area contributed by atoms with Crippen LogP contribution in [0.15, 0.2) is 48.7 Å². The maximum absolute atomic E-state index is 12.1. The fraction of sp³-hybridized carbons (Fsp3) is 0.400. The van der Waals surface area contributed by atoms with Crippen LogP contribution >= 0.6 is 0 Å². The summed E-state index contributed by atoms with van der Waals surface area (Å²) in [6.07, 6.45) is 2.45. The summed E-state index contributed by atoms with van der Waals surface area (Å²) in [4.78, 5) is 18.8. The van der Waals surface area contributed by atoms with Gasteiger partial charge in [-0.2, -0.15) is 0 Å². The second-order valence-electron chi connectivity index (χ2n) is 6.27. The number of hydrogen-bond donors (Lipinski definition) is 1. The van der Waals surface area contributed by atoms with Gasteiger partial charge < -0.3 is 14.4 Å². The van der Waals surface area contributed by atoms with E-state index in [-0.39, 0.29) is 12.0 Å². The summed E-state index contributed by atoms with van der Waals surface area (Å²) in [5.74, 6) is 0.706. The number of ether oxygens (including phenoxy) is 2. The zero-order valence-electron chi connectivity index (χ0n) is 15.1. The lowest BCUT2D eigenvalue weighted by Gasteiger charge is -2.27. The van der Waals surface area contributed by atoms with Gasteiger partial charge in [-0.15, -0.1) is 0 Å². The Labute approximate surface area is 154 Å². The first-order chi connectivity index (χ1) is 12.8. The van der Waals surface area contributed by atoms with Crippen molar-refractivity contribution in [2.24, 2.45) is 0 Å². The highest BCUT2D eigenvalue weighted by atomic mass is 16.5. The maximum Gasteiger partial charge on any atom is 0.323 e. The summed E-state index contributed by atoms with van der Waals surface area (Å²) < 4.78 is 10.3. The van der Waals surface area contributed by atoms with Gasteiger partial charge in [0.15, 0.2) is 0 Å². The van der Waals surface area contributed by atoms with Gasteiger partial charge in [0.05, 0.1) is 20.3 Å². The molecule has 26 heavy (non-hydrogen) atoms. The number of morpholine rings is 1. The van der Waals surface area contributed by atoms with Crippen molar-refractivity contribution in [3.63, 3.8) is 0 Å². The first-order valence-corrected chi connectivity index (χ1v) is 8.89. The van der Waals surface area contributed by atoms with Crippen molar-refractivity contribution in [2.45, 2.75) is 19.0 Å². The van der Waals surface area contributed by atoms with E-state index in [1.54, 1.807) is 0 Å². The summed E-state index contributed by atoms with van der Waals surface area (Å²) in [6, 6.07) is 13.6. The molecule has 0 saturated carbocycles. The van der Waals surface area contributed by atoms with Crippen LogP contribution in [-0.4, -0.2) is 50.4 Å². The number of pyridine rings is 1. The van der Waals surface area contributed by atoms with Gasteiger partial charge in [0.25, 0.3) is 0 Å². The van der Waals surface area contributed by atoms with E-state index >= 15 is 0 Å². The van der Waals surface area contributed by atoms with Gasteiger partial charge in [-0.1, -0.05) is 36.4 Å². The van der Waals surface area contributed by atoms with Crippen molar-refractivity contribution in [1.29, 1.82) is 0 Å². The molecule has 6 heteroatoms. The number of benzene rings is 1. The minimum atomic E-state index is -0.388. The van der Waals surface area contributed by atoms with Crippen LogP contribution in [0.3, 0.4) is 0 Å². The Balaban J connectivity index is 1.58. The van der Waals surface area contributed by atoms with Crippen LogP contribution in [-0.2, 0) is 27.2 Å². The highest BCUT2D eigenvalue weighted by Crippen LogP contribution is 2.13. The molecule has 2 aromatic rings. The standard InChI is InChI=1S/C20H25N3O3/c1-25-20(24)18(13-16-5-3-2-4-6-16)21-14-17-7-8-19(22-15-17)23-9-11-26-12-10-23/h2-8,15,18,21H,9-14H2,1H3. The molecule has 1 atom stereocenters. The Morgan fingerprint density at radius 3 is 2.62 bits per heavy atom. The highest BCUT2D eigenvalue weighted by Gasteiger charge is 2.19. The molecular formula is C20H25N3O3. The Morgan fingerprint density at radius 1 is 1.19 bits per heavy atom. The average molecular weight is 355 g/mol. The third-order valence-corrected chi connectivity index (χ3v) is 4.47. The number of carbonyl (C=O) groups excluding carboxylic acids is 1. The fourth-order valence-electron chi connectivity index (χ4n) is 2.97. The molecule has 1 fully saturated rings. The number of carbonyl (C=O) groups is 1. The molecule has 138 valence electrons. The molecule has 0 amide bonds. The first kappa shape index (κ1) is 18.4. The van der Waals surface area contributed by atoms with Crippen molar-refractivity contribution < 1.29 is 14.3 Å². The molecule has 2 heterocycles. The number of methoxy groups -OCH3 is 1. The van der Waals surface area contributed by atoms with Crippen LogP contribution < -0.4 is 10.2 Å². The van der Waals surface area contributed by atoms with E-state index in [9.17, 15) is 4.79 Å². The second kappa shape index (κ2) is 9.31. The summed E-state index contributed by atoms with van der Waals surface area (Å²) in [7, 11) is 1.42. The SMILES string of the molecule is COC(=O)C(Cc1ccccc1)NCc1ccc(N2CCOCC2)nc1. The van der Waals surface area contributed by atoms with Crippen LogP contribution in [0.4, 0.5) is 5.82 Å². The Bertz CT molecular complexity index is 685. The largest absolute Gasteiger partial charge is 0.468 e. The Hall–Kier alpha value is -2.44. The van der Waals surface area contributed by atoms with E-state index in [1.165, 1.54) is 7.11 Å². The molecule has 1 saturated heterocycles. The molecule has 1 N–H and O–H groups in total. The molecular weight excluding hydrogens is 330 g/mol. The smallest absolute Gasteiger partial charge is 0.323 e. The van der Waals surface area contributed by atoms with Gasteiger partial charge in [0, 0.05) is 25.8 Å². The number of rotatable bonds is 7. The van der Waals surface area contributed by atoms with Crippen molar-refractivity contribution in [2.75, 3.05) is 38.3 Å². The third-order valence-electron chi connectivity index (χ3n) is 4.47. The molecule has 1 unspecified atom stereocenters. The molecule has 6 nitrogen and oxygen atoms in total. The number of hydrogen-bond acceptors (Lipinski definition) is 6. The minimum absolute atomic E-state index is 0.258. The Morgan fingerprint density at radius 2 is 1.96 bits per heavy atom. The van der Waals surface area contributed by atoms with Crippen LogP contribution in [0.2, 0.25) is 0 Å². The van der Waals surface area contributed by atoms with E-state index in [2.05, 4.69) is 15.2 Å². The average Bonchev–Trinajstić information content (AvgIpc) is 2.72. The van der Waals surface area contributed by atoms with E-state index in [4.69, 9.17) is 9.47 Å². The minimum Gasteiger partial charge on any atom is -0.468 e.